The summed E-state index contributed by atoms with van der Waals surface area (Å²) in [6, 6.07) is 16.1. The molecule has 3 aromatic carbocycles. The quantitative estimate of drug-likeness (QED) is 0.265. The molecule has 172 valence electrons. The fourth-order valence-corrected chi connectivity index (χ4v) is 3.51. The molecular formula is C26H23N3O4S. The van der Waals surface area contributed by atoms with E-state index in [4.69, 9.17) is 21.4 Å². The number of aromatic nitrogens is 1. The van der Waals surface area contributed by atoms with E-state index in [0.29, 0.717) is 22.7 Å². The van der Waals surface area contributed by atoms with E-state index in [2.05, 4.69) is 15.6 Å². The Morgan fingerprint density at radius 1 is 1.09 bits per heavy atom. The van der Waals surface area contributed by atoms with E-state index < -0.39 is 0 Å². The summed E-state index contributed by atoms with van der Waals surface area (Å²) in [6.07, 6.45) is 3.05. The van der Waals surface area contributed by atoms with E-state index in [1.54, 1.807) is 25.3 Å². The topological polar surface area (TPSA) is 96.6 Å². The lowest BCUT2D eigenvalue weighted by Crippen LogP contribution is -2.32. The average Bonchev–Trinajstić information content (AvgIpc) is 3.20. The molecule has 1 heterocycles. The number of ether oxygens (including phenoxy) is 1. The predicted octanol–water partition coefficient (Wildman–Crippen LogP) is 5.35. The number of nitrogens with one attached hydrogen (secondary N) is 2. The molecule has 0 radical (unpaired) electrons. The van der Waals surface area contributed by atoms with Gasteiger partial charge in [0.25, 0.3) is 0 Å². The van der Waals surface area contributed by atoms with Gasteiger partial charge in [-0.05, 0) is 85.2 Å². The minimum Gasteiger partial charge on any atom is -0.507 e. The summed E-state index contributed by atoms with van der Waals surface area (Å²) in [5.41, 5.74) is 5.42. The lowest BCUT2D eigenvalue weighted by Gasteiger charge is -2.09. The smallest absolute Gasteiger partial charge is 0.250 e. The maximum atomic E-state index is 12.2. The Hall–Kier alpha value is -4.17. The van der Waals surface area contributed by atoms with Crippen LogP contribution in [0.1, 0.15) is 16.7 Å². The number of aromatic hydroxyl groups is 1. The first-order valence-electron chi connectivity index (χ1n) is 10.5. The molecule has 0 aliphatic carbocycles. The minimum atomic E-state index is -0.383. The fourth-order valence-electron chi connectivity index (χ4n) is 3.29. The molecule has 3 N–H and O–H groups in total. The van der Waals surface area contributed by atoms with Crippen LogP contribution in [0.5, 0.6) is 11.5 Å². The van der Waals surface area contributed by atoms with Gasteiger partial charge in [-0.2, -0.15) is 0 Å². The first-order chi connectivity index (χ1) is 16.3. The minimum absolute atomic E-state index is 0.0291. The summed E-state index contributed by atoms with van der Waals surface area (Å²) in [5.74, 6) is 0.649. The van der Waals surface area contributed by atoms with Gasteiger partial charge in [0.05, 0.1) is 12.7 Å². The van der Waals surface area contributed by atoms with Crippen LogP contribution in [-0.2, 0) is 4.79 Å². The van der Waals surface area contributed by atoms with Gasteiger partial charge >= 0.3 is 0 Å². The summed E-state index contributed by atoms with van der Waals surface area (Å²) in [5, 5.41) is 16.1. The van der Waals surface area contributed by atoms with Crippen molar-refractivity contribution >= 4 is 46.1 Å². The summed E-state index contributed by atoms with van der Waals surface area (Å²) in [7, 11) is 1.59. The summed E-state index contributed by atoms with van der Waals surface area (Å²) in [6.45, 7) is 4.02. The Bertz CT molecular complexity index is 1370. The number of aryl methyl sites for hydroxylation is 2. The Kier molecular flexibility index (Phi) is 6.60. The van der Waals surface area contributed by atoms with Crippen LogP contribution in [0.15, 0.2) is 65.1 Å². The fraction of sp³-hybridized carbons (Fsp3) is 0.115. The number of oxazole rings is 1. The molecule has 1 amide bonds. The molecule has 0 spiro atoms. The van der Waals surface area contributed by atoms with Crippen LogP contribution in [-0.4, -0.2) is 28.2 Å². The van der Waals surface area contributed by atoms with Gasteiger partial charge in [0.15, 0.2) is 10.7 Å². The zero-order valence-corrected chi connectivity index (χ0v) is 19.7. The van der Waals surface area contributed by atoms with Crippen LogP contribution >= 0.6 is 12.2 Å². The number of carbonyl (C=O) groups excluding carboxylic acids is 1. The highest BCUT2D eigenvalue weighted by Gasteiger charge is 2.14. The molecule has 8 heteroatoms. The van der Waals surface area contributed by atoms with Crippen LogP contribution in [0.3, 0.4) is 0 Å². The van der Waals surface area contributed by atoms with E-state index in [9.17, 15) is 9.90 Å². The number of phenols is 1. The van der Waals surface area contributed by atoms with Crippen molar-refractivity contribution in [1.82, 2.24) is 10.3 Å². The van der Waals surface area contributed by atoms with Crippen LogP contribution in [0.4, 0.5) is 5.69 Å². The van der Waals surface area contributed by atoms with Gasteiger partial charge in [-0.1, -0.05) is 12.1 Å². The third-order valence-electron chi connectivity index (χ3n) is 5.27. The molecular weight excluding hydrogens is 450 g/mol. The number of rotatable bonds is 5. The number of methoxy groups -OCH3 is 1. The van der Waals surface area contributed by atoms with Crippen LogP contribution in [0, 0.1) is 13.8 Å². The van der Waals surface area contributed by atoms with Crippen molar-refractivity contribution in [2.75, 3.05) is 12.4 Å². The average molecular weight is 474 g/mol. The number of benzene rings is 3. The SMILES string of the molecule is COc1ccc(C=CC(=O)NC(=S)Nc2ccc(-c3nc4cc(C)c(C)cc4o3)c(O)c2)cc1. The molecule has 34 heavy (non-hydrogen) atoms. The maximum absolute atomic E-state index is 12.2. The van der Waals surface area contributed by atoms with Crippen molar-refractivity contribution in [3.8, 4) is 23.0 Å². The number of hydrogen-bond acceptors (Lipinski definition) is 6. The van der Waals surface area contributed by atoms with Gasteiger partial charge in [-0.25, -0.2) is 4.98 Å². The molecule has 4 rings (SSSR count). The second-order valence-electron chi connectivity index (χ2n) is 7.71. The third kappa shape index (κ3) is 5.24. The normalized spacial score (nSPS) is 11.0. The number of amides is 1. The molecule has 0 bridgehead atoms. The summed E-state index contributed by atoms with van der Waals surface area (Å²) >= 11 is 5.21. The highest BCUT2D eigenvalue weighted by molar-refractivity contribution is 7.80. The monoisotopic (exact) mass is 473 g/mol. The molecule has 7 nitrogen and oxygen atoms in total. The third-order valence-corrected chi connectivity index (χ3v) is 5.47. The van der Waals surface area contributed by atoms with Crippen molar-refractivity contribution in [3.63, 3.8) is 0 Å². The van der Waals surface area contributed by atoms with Crippen LogP contribution in [0.2, 0.25) is 0 Å². The van der Waals surface area contributed by atoms with Crippen molar-refractivity contribution in [3.05, 3.63) is 77.4 Å². The van der Waals surface area contributed by atoms with Gasteiger partial charge < -0.3 is 19.6 Å². The molecule has 0 fully saturated rings. The Morgan fingerprint density at radius 2 is 1.82 bits per heavy atom. The number of hydrogen-bond donors (Lipinski definition) is 3. The molecule has 0 saturated heterocycles. The number of thiocarbonyl (C=S) groups is 1. The Balaban J connectivity index is 1.40. The van der Waals surface area contributed by atoms with Gasteiger partial charge in [0, 0.05) is 17.8 Å². The van der Waals surface area contributed by atoms with E-state index in [-0.39, 0.29) is 16.8 Å². The largest absolute Gasteiger partial charge is 0.507 e. The van der Waals surface area contributed by atoms with Gasteiger partial charge in [-0.3, -0.25) is 10.1 Å². The van der Waals surface area contributed by atoms with Crippen LogP contribution < -0.4 is 15.4 Å². The van der Waals surface area contributed by atoms with Gasteiger partial charge in [0.2, 0.25) is 11.8 Å². The Labute approximate surface area is 202 Å². The molecule has 0 atom stereocenters. The standard InChI is InChI=1S/C26H23N3O4S/c1-15-12-21-23(13-16(15)2)33-25(28-21)20-10-7-18(14-22(20)30)27-26(34)29-24(31)11-6-17-4-8-19(32-3)9-5-17/h4-14,30H,1-3H3,(H2,27,29,31,34). The summed E-state index contributed by atoms with van der Waals surface area (Å²) < 4.78 is 10.9. The number of anilines is 1. The first-order valence-corrected chi connectivity index (χ1v) is 10.9. The number of nitrogens with zero attached hydrogens (tertiary/aromatic N) is 1. The zero-order valence-electron chi connectivity index (χ0n) is 18.9. The molecule has 0 unspecified atom stereocenters. The highest BCUT2D eigenvalue weighted by Crippen LogP contribution is 2.33. The lowest BCUT2D eigenvalue weighted by molar-refractivity contribution is -0.115. The van der Waals surface area contributed by atoms with Crippen molar-refractivity contribution < 1.29 is 19.1 Å². The van der Waals surface area contributed by atoms with Gasteiger partial charge in [-0.15, -0.1) is 0 Å². The highest BCUT2D eigenvalue weighted by atomic mass is 32.1. The molecule has 0 aliphatic rings. The number of fused-ring (bicyclic) bond motifs is 1. The van der Waals surface area contributed by atoms with Crippen molar-refractivity contribution in [2.24, 2.45) is 0 Å². The second kappa shape index (κ2) is 9.76. The zero-order chi connectivity index (χ0) is 24.2. The predicted molar refractivity (Wildman–Crippen MR) is 137 cm³/mol. The van der Waals surface area contributed by atoms with Crippen molar-refractivity contribution in [1.29, 1.82) is 0 Å². The summed E-state index contributed by atoms with van der Waals surface area (Å²) in [4.78, 5) is 16.6. The molecule has 1 aromatic heterocycles. The van der Waals surface area contributed by atoms with Crippen molar-refractivity contribution in [2.45, 2.75) is 13.8 Å². The number of phenolic OH excluding ortho intramolecular Hbond substituents is 1. The van der Waals surface area contributed by atoms with Gasteiger partial charge in [0.1, 0.15) is 17.0 Å². The molecule has 0 aliphatic heterocycles. The van der Waals surface area contributed by atoms with Crippen LogP contribution in [0.25, 0.3) is 28.6 Å². The maximum Gasteiger partial charge on any atom is 0.250 e. The molecule has 0 saturated carbocycles. The molecule has 4 aromatic rings. The second-order valence-corrected chi connectivity index (χ2v) is 8.11. The first kappa shape index (κ1) is 23.0. The Morgan fingerprint density at radius 3 is 2.53 bits per heavy atom. The van der Waals surface area contributed by atoms with E-state index in [0.717, 1.165) is 28.0 Å². The van der Waals surface area contributed by atoms with E-state index in [1.165, 1.54) is 12.1 Å². The lowest BCUT2D eigenvalue weighted by atomic mass is 10.1. The van der Waals surface area contributed by atoms with E-state index in [1.807, 2.05) is 50.2 Å². The number of carbonyl (C=O) groups is 1. The van der Waals surface area contributed by atoms with E-state index >= 15 is 0 Å².